The van der Waals surface area contributed by atoms with E-state index in [1.807, 2.05) is 4.90 Å². The molecule has 1 N–H and O–H groups in total. The third kappa shape index (κ3) is 2.71. The second-order valence-corrected chi connectivity index (χ2v) is 5.98. The highest BCUT2D eigenvalue weighted by molar-refractivity contribution is 7.09. The van der Waals surface area contributed by atoms with Crippen molar-refractivity contribution >= 4 is 22.6 Å². The first-order valence-corrected chi connectivity index (χ1v) is 7.48. The maximum absolute atomic E-state index is 11.0. The third-order valence-corrected chi connectivity index (χ3v) is 4.65. The Morgan fingerprint density at radius 2 is 2.05 bits per heavy atom. The van der Waals surface area contributed by atoms with Gasteiger partial charge in [-0.1, -0.05) is 0 Å². The number of nitrogens with zero attached hydrogens (tertiary/aromatic N) is 4. The molecular weight excluding hydrogens is 264 g/mol. The Kier molecular flexibility index (Phi) is 3.40. The fourth-order valence-electron chi connectivity index (χ4n) is 2.32. The summed E-state index contributed by atoms with van der Waals surface area (Å²) in [7, 11) is 0. The van der Waals surface area contributed by atoms with E-state index in [9.17, 15) is 4.79 Å². The highest BCUT2D eigenvalue weighted by atomic mass is 32.1. The maximum atomic E-state index is 11.0. The summed E-state index contributed by atoms with van der Waals surface area (Å²) in [4.78, 5) is 19.8. The summed E-state index contributed by atoms with van der Waals surface area (Å²) in [6.45, 7) is 4.94. The molecule has 1 unspecified atom stereocenters. The summed E-state index contributed by atoms with van der Waals surface area (Å²) in [6, 6.07) is -0.404. The number of carboxylic acid groups (broad SMARTS) is 1. The van der Waals surface area contributed by atoms with Crippen molar-refractivity contribution in [2.75, 3.05) is 31.1 Å². The summed E-state index contributed by atoms with van der Waals surface area (Å²) in [5.41, 5.74) is 0. The molecule has 0 amide bonds. The Bertz CT molecular complexity index is 466. The number of anilines is 1. The predicted molar refractivity (Wildman–Crippen MR) is 72.8 cm³/mol. The van der Waals surface area contributed by atoms with Gasteiger partial charge in [-0.15, -0.1) is 0 Å². The van der Waals surface area contributed by atoms with E-state index in [1.165, 1.54) is 24.4 Å². The van der Waals surface area contributed by atoms with Crippen LogP contribution < -0.4 is 4.90 Å². The van der Waals surface area contributed by atoms with Crippen molar-refractivity contribution in [3.63, 3.8) is 0 Å². The van der Waals surface area contributed by atoms with Crippen molar-refractivity contribution in [3.8, 4) is 0 Å². The molecule has 0 bridgehead atoms. The van der Waals surface area contributed by atoms with Crippen LogP contribution >= 0.6 is 11.5 Å². The number of carbonyl (C=O) groups is 1. The van der Waals surface area contributed by atoms with Gasteiger partial charge in [-0.2, -0.15) is 4.37 Å². The second-order valence-electron chi connectivity index (χ2n) is 5.25. The first-order valence-electron chi connectivity index (χ1n) is 6.70. The molecule has 0 radical (unpaired) electrons. The lowest BCUT2D eigenvalue weighted by Gasteiger charge is -2.36. The van der Waals surface area contributed by atoms with Gasteiger partial charge >= 0.3 is 5.97 Å². The summed E-state index contributed by atoms with van der Waals surface area (Å²) < 4.78 is 4.42. The minimum absolute atomic E-state index is 0.404. The molecule has 1 aliphatic heterocycles. The first kappa shape index (κ1) is 12.8. The predicted octanol–water partition coefficient (Wildman–Crippen LogP) is 1.01. The molecule has 1 aromatic rings. The maximum Gasteiger partial charge on any atom is 0.320 e. The fourth-order valence-corrected chi connectivity index (χ4v) is 3.12. The van der Waals surface area contributed by atoms with Crippen molar-refractivity contribution in [2.24, 2.45) is 0 Å². The molecule has 2 heterocycles. The van der Waals surface area contributed by atoms with E-state index < -0.39 is 12.0 Å². The van der Waals surface area contributed by atoms with Crippen LogP contribution in [0.2, 0.25) is 0 Å². The molecular formula is C12H18N4O2S. The number of aliphatic carboxylic acids is 1. The van der Waals surface area contributed by atoms with Crippen molar-refractivity contribution in [2.45, 2.75) is 31.7 Å². The second kappa shape index (κ2) is 5.05. The number of hydrogen-bond donors (Lipinski definition) is 1. The zero-order chi connectivity index (χ0) is 13.4. The largest absolute Gasteiger partial charge is 0.480 e. The van der Waals surface area contributed by atoms with Gasteiger partial charge < -0.3 is 10.0 Å². The van der Waals surface area contributed by atoms with Gasteiger partial charge in [0.05, 0.1) is 0 Å². The Morgan fingerprint density at radius 1 is 1.37 bits per heavy atom. The standard InChI is InChI=1S/C12H18N4O2S/c1-8(11(17)18)15-4-6-16(7-5-15)12-13-10(14-19-12)9-2-3-9/h8-9H,2-7H2,1H3,(H,17,18). The van der Waals surface area contributed by atoms with Crippen LogP contribution in [-0.4, -0.2) is 57.6 Å². The SMILES string of the molecule is CC(C(=O)O)N1CCN(c2nc(C3CC3)ns2)CC1. The third-order valence-electron chi connectivity index (χ3n) is 3.86. The molecule has 3 rings (SSSR count). The van der Waals surface area contributed by atoms with Crippen LogP contribution in [0.25, 0.3) is 0 Å². The number of hydrogen-bond acceptors (Lipinski definition) is 6. The number of piperazine rings is 1. The van der Waals surface area contributed by atoms with Crippen molar-refractivity contribution in [3.05, 3.63) is 5.82 Å². The Labute approximate surface area is 116 Å². The van der Waals surface area contributed by atoms with Gasteiger partial charge in [-0.05, 0) is 19.8 Å². The van der Waals surface area contributed by atoms with Gasteiger partial charge in [0.15, 0.2) is 0 Å². The minimum atomic E-state index is -0.750. The molecule has 1 atom stereocenters. The lowest BCUT2D eigenvalue weighted by Crippen LogP contribution is -2.51. The van der Waals surface area contributed by atoms with E-state index in [0.717, 1.165) is 37.1 Å². The monoisotopic (exact) mass is 282 g/mol. The smallest absolute Gasteiger partial charge is 0.320 e. The molecule has 7 heteroatoms. The Morgan fingerprint density at radius 3 is 2.63 bits per heavy atom. The lowest BCUT2D eigenvalue weighted by atomic mass is 10.2. The van der Waals surface area contributed by atoms with E-state index in [2.05, 4.69) is 14.3 Å². The van der Waals surface area contributed by atoms with E-state index in [1.54, 1.807) is 6.92 Å². The Balaban J connectivity index is 1.58. The van der Waals surface area contributed by atoms with Crippen LogP contribution in [0.3, 0.4) is 0 Å². The molecule has 0 spiro atoms. The first-order chi connectivity index (χ1) is 9.15. The molecule has 2 fully saturated rings. The van der Waals surface area contributed by atoms with Gasteiger partial charge in [0.25, 0.3) is 0 Å². The molecule has 2 aliphatic rings. The van der Waals surface area contributed by atoms with Crippen LogP contribution in [0.15, 0.2) is 0 Å². The van der Waals surface area contributed by atoms with Crippen molar-refractivity contribution < 1.29 is 9.90 Å². The van der Waals surface area contributed by atoms with Crippen LogP contribution in [-0.2, 0) is 4.79 Å². The lowest BCUT2D eigenvalue weighted by molar-refractivity contribution is -0.142. The highest BCUT2D eigenvalue weighted by Crippen LogP contribution is 2.39. The molecule has 1 aromatic heterocycles. The molecule has 1 saturated heterocycles. The van der Waals surface area contributed by atoms with E-state index in [0.29, 0.717) is 5.92 Å². The summed E-state index contributed by atoms with van der Waals surface area (Å²) in [6.07, 6.45) is 2.44. The van der Waals surface area contributed by atoms with Gasteiger partial charge in [0.2, 0.25) is 5.13 Å². The zero-order valence-corrected chi connectivity index (χ0v) is 11.8. The molecule has 19 heavy (non-hydrogen) atoms. The van der Waals surface area contributed by atoms with Crippen molar-refractivity contribution in [1.82, 2.24) is 14.3 Å². The van der Waals surface area contributed by atoms with Gasteiger partial charge in [-0.3, -0.25) is 9.69 Å². The molecule has 104 valence electrons. The summed E-state index contributed by atoms with van der Waals surface area (Å²) in [5.74, 6) is 0.847. The molecule has 1 saturated carbocycles. The van der Waals surface area contributed by atoms with E-state index in [-0.39, 0.29) is 0 Å². The van der Waals surface area contributed by atoms with Gasteiger partial charge in [-0.25, -0.2) is 4.98 Å². The van der Waals surface area contributed by atoms with Crippen LogP contribution in [0.5, 0.6) is 0 Å². The fraction of sp³-hybridized carbons (Fsp3) is 0.750. The van der Waals surface area contributed by atoms with Gasteiger partial charge in [0, 0.05) is 43.6 Å². The average molecular weight is 282 g/mol. The Hall–Kier alpha value is -1.21. The summed E-state index contributed by atoms with van der Waals surface area (Å²) >= 11 is 1.47. The average Bonchev–Trinajstić information content (AvgIpc) is 3.16. The number of carboxylic acids is 1. The molecule has 6 nitrogen and oxygen atoms in total. The quantitative estimate of drug-likeness (QED) is 0.889. The number of rotatable bonds is 4. The van der Waals surface area contributed by atoms with E-state index >= 15 is 0 Å². The van der Waals surface area contributed by atoms with Gasteiger partial charge in [0.1, 0.15) is 11.9 Å². The topological polar surface area (TPSA) is 69.6 Å². The zero-order valence-electron chi connectivity index (χ0n) is 10.9. The molecule has 1 aliphatic carbocycles. The summed E-state index contributed by atoms with van der Waals surface area (Å²) in [5, 5.41) is 10.0. The van der Waals surface area contributed by atoms with Crippen LogP contribution in [0.1, 0.15) is 31.5 Å². The van der Waals surface area contributed by atoms with Crippen LogP contribution in [0.4, 0.5) is 5.13 Å². The molecule has 0 aromatic carbocycles. The van der Waals surface area contributed by atoms with Crippen LogP contribution in [0, 0.1) is 0 Å². The number of aromatic nitrogens is 2. The highest BCUT2D eigenvalue weighted by Gasteiger charge is 2.30. The normalized spacial score (nSPS) is 22.5. The van der Waals surface area contributed by atoms with Crippen molar-refractivity contribution in [1.29, 1.82) is 0 Å². The minimum Gasteiger partial charge on any atom is -0.480 e. The van der Waals surface area contributed by atoms with E-state index in [4.69, 9.17) is 5.11 Å².